The van der Waals surface area contributed by atoms with Crippen molar-refractivity contribution >= 4 is 11.8 Å². The van der Waals surface area contributed by atoms with Crippen molar-refractivity contribution < 1.29 is 14.3 Å². The molecule has 0 saturated heterocycles. The van der Waals surface area contributed by atoms with Gasteiger partial charge in [-0.25, -0.2) is 9.48 Å². The molecule has 0 saturated carbocycles. The fourth-order valence-electron chi connectivity index (χ4n) is 2.63. The van der Waals surface area contributed by atoms with Gasteiger partial charge in [-0.2, -0.15) is 5.10 Å². The molecule has 1 heterocycles. The Morgan fingerprint density at radius 3 is 2.58 bits per heavy atom. The van der Waals surface area contributed by atoms with E-state index in [-0.39, 0.29) is 0 Å². The number of benzene rings is 2. The van der Waals surface area contributed by atoms with Crippen LogP contribution in [0.3, 0.4) is 0 Å². The van der Waals surface area contributed by atoms with E-state index in [1.54, 1.807) is 6.07 Å². The largest absolute Gasteiger partial charge is 0.487 e. The topological polar surface area (TPSA) is 65.4 Å². The second-order valence-corrected chi connectivity index (χ2v) is 5.91. The number of aryl methyl sites for hydroxylation is 2. The van der Waals surface area contributed by atoms with Crippen molar-refractivity contribution in [3.05, 3.63) is 71.5 Å². The summed E-state index contributed by atoms with van der Waals surface area (Å²) in [6.45, 7) is 4.25. The number of aromatic nitrogens is 2. The standard InChI is InChI=1S/C20H21N3O3/c1-14-11-18(9-10-19(14)21-20(24)25-3)26-13-17-12-15(2)22-23(17)16-7-5-4-6-8-16/h4-12H,13H2,1-3H3,(H,21,24). The molecule has 6 heteroatoms. The number of rotatable bonds is 5. The molecule has 3 rings (SSSR count). The normalized spacial score (nSPS) is 10.4. The lowest BCUT2D eigenvalue weighted by atomic mass is 10.2. The lowest BCUT2D eigenvalue weighted by molar-refractivity contribution is 0.187. The molecule has 1 N–H and O–H groups in total. The zero-order valence-corrected chi connectivity index (χ0v) is 15.0. The number of hydrogen-bond acceptors (Lipinski definition) is 4. The molecule has 6 nitrogen and oxygen atoms in total. The predicted molar refractivity (Wildman–Crippen MR) is 99.8 cm³/mol. The van der Waals surface area contributed by atoms with Gasteiger partial charge in [0.05, 0.1) is 24.2 Å². The number of carbonyl (C=O) groups is 1. The van der Waals surface area contributed by atoms with Gasteiger partial charge in [-0.3, -0.25) is 5.32 Å². The fraction of sp³-hybridized carbons (Fsp3) is 0.200. The van der Waals surface area contributed by atoms with Crippen molar-refractivity contribution in [2.24, 2.45) is 0 Å². The first kappa shape index (κ1) is 17.5. The minimum atomic E-state index is -0.496. The number of hydrogen-bond donors (Lipinski definition) is 1. The molecule has 134 valence electrons. The summed E-state index contributed by atoms with van der Waals surface area (Å²) in [5.74, 6) is 0.719. The van der Waals surface area contributed by atoms with Gasteiger partial charge in [0.2, 0.25) is 0 Å². The quantitative estimate of drug-likeness (QED) is 0.746. The van der Waals surface area contributed by atoms with Crippen LogP contribution in [0, 0.1) is 13.8 Å². The first-order chi connectivity index (χ1) is 12.6. The van der Waals surface area contributed by atoms with Gasteiger partial charge in [-0.05, 0) is 55.8 Å². The van der Waals surface area contributed by atoms with Crippen LogP contribution in [-0.4, -0.2) is 23.0 Å². The molecular formula is C20H21N3O3. The van der Waals surface area contributed by atoms with Crippen molar-refractivity contribution in [2.45, 2.75) is 20.5 Å². The first-order valence-electron chi connectivity index (χ1n) is 8.26. The van der Waals surface area contributed by atoms with Crippen molar-refractivity contribution in [1.29, 1.82) is 0 Å². The van der Waals surface area contributed by atoms with Crippen molar-refractivity contribution in [3.63, 3.8) is 0 Å². The Morgan fingerprint density at radius 1 is 1.12 bits per heavy atom. The number of nitrogens with one attached hydrogen (secondary N) is 1. The van der Waals surface area contributed by atoms with Gasteiger partial charge in [0.25, 0.3) is 0 Å². The summed E-state index contributed by atoms with van der Waals surface area (Å²) in [5.41, 5.74) is 4.47. The SMILES string of the molecule is COC(=O)Nc1ccc(OCc2cc(C)nn2-c2ccccc2)cc1C. The zero-order chi connectivity index (χ0) is 18.5. The highest BCUT2D eigenvalue weighted by molar-refractivity contribution is 5.85. The number of amides is 1. The zero-order valence-electron chi connectivity index (χ0n) is 15.0. The highest BCUT2D eigenvalue weighted by Crippen LogP contribution is 2.23. The first-order valence-corrected chi connectivity index (χ1v) is 8.26. The van der Waals surface area contributed by atoms with Gasteiger partial charge in [0.15, 0.2) is 0 Å². The molecule has 3 aromatic rings. The lowest BCUT2D eigenvalue weighted by Gasteiger charge is -2.12. The van der Waals surface area contributed by atoms with Crippen molar-refractivity contribution in [1.82, 2.24) is 9.78 Å². The Bertz CT molecular complexity index is 904. The van der Waals surface area contributed by atoms with Crippen LogP contribution < -0.4 is 10.1 Å². The van der Waals surface area contributed by atoms with E-state index in [0.717, 1.165) is 28.4 Å². The van der Waals surface area contributed by atoms with Crippen LogP contribution in [0.4, 0.5) is 10.5 Å². The molecular weight excluding hydrogens is 330 g/mol. The monoisotopic (exact) mass is 351 g/mol. The summed E-state index contributed by atoms with van der Waals surface area (Å²) >= 11 is 0. The number of anilines is 1. The average molecular weight is 351 g/mol. The fourth-order valence-corrected chi connectivity index (χ4v) is 2.63. The summed E-state index contributed by atoms with van der Waals surface area (Å²) in [7, 11) is 1.33. The summed E-state index contributed by atoms with van der Waals surface area (Å²) in [6, 6.07) is 17.4. The Balaban J connectivity index is 1.74. The molecule has 1 amide bonds. The van der Waals surface area contributed by atoms with Gasteiger partial charge in [-0.15, -0.1) is 0 Å². The molecule has 0 aliphatic rings. The second kappa shape index (κ2) is 7.74. The third kappa shape index (κ3) is 4.03. The van der Waals surface area contributed by atoms with E-state index in [4.69, 9.17) is 4.74 Å². The Labute approximate surface area is 152 Å². The molecule has 0 spiro atoms. The molecule has 0 aliphatic heterocycles. The van der Waals surface area contributed by atoms with E-state index in [0.29, 0.717) is 12.3 Å². The molecule has 2 aromatic carbocycles. The predicted octanol–water partition coefficient (Wildman–Crippen LogP) is 4.25. The molecule has 26 heavy (non-hydrogen) atoms. The third-order valence-corrected chi connectivity index (χ3v) is 3.91. The van der Waals surface area contributed by atoms with Crippen LogP contribution >= 0.6 is 0 Å². The van der Waals surface area contributed by atoms with Crippen LogP contribution in [0.15, 0.2) is 54.6 Å². The molecule has 0 aliphatic carbocycles. The average Bonchev–Trinajstić information content (AvgIpc) is 3.03. The van der Waals surface area contributed by atoms with E-state index in [1.165, 1.54) is 7.11 Å². The smallest absolute Gasteiger partial charge is 0.411 e. The summed E-state index contributed by atoms with van der Waals surface area (Å²) < 4.78 is 12.4. The number of methoxy groups -OCH3 is 1. The van der Waals surface area contributed by atoms with Gasteiger partial charge in [0.1, 0.15) is 12.4 Å². The molecule has 0 bridgehead atoms. The van der Waals surface area contributed by atoms with E-state index in [2.05, 4.69) is 15.2 Å². The van der Waals surface area contributed by atoms with Gasteiger partial charge in [-0.1, -0.05) is 18.2 Å². The lowest BCUT2D eigenvalue weighted by Crippen LogP contribution is -2.12. The highest BCUT2D eigenvalue weighted by Gasteiger charge is 2.09. The number of para-hydroxylation sites is 1. The maximum atomic E-state index is 11.3. The maximum Gasteiger partial charge on any atom is 0.411 e. The number of nitrogens with zero attached hydrogens (tertiary/aromatic N) is 2. The number of carbonyl (C=O) groups excluding carboxylic acids is 1. The molecule has 0 unspecified atom stereocenters. The Kier molecular flexibility index (Phi) is 5.22. The molecule has 1 aromatic heterocycles. The van der Waals surface area contributed by atoms with E-state index >= 15 is 0 Å². The highest BCUT2D eigenvalue weighted by atomic mass is 16.5. The van der Waals surface area contributed by atoms with E-state index in [1.807, 2.05) is 67.1 Å². The van der Waals surface area contributed by atoms with Crippen LogP contribution in [0.2, 0.25) is 0 Å². The molecule has 0 fully saturated rings. The van der Waals surface area contributed by atoms with E-state index in [9.17, 15) is 4.79 Å². The van der Waals surface area contributed by atoms with Crippen molar-refractivity contribution in [2.75, 3.05) is 12.4 Å². The molecule has 0 radical (unpaired) electrons. The Morgan fingerprint density at radius 2 is 1.88 bits per heavy atom. The van der Waals surface area contributed by atoms with Crippen LogP contribution in [0.5, 0.6) is 5.75 Å². The van der Waals surface area contributed by atoms with Crippen molar-refractivity contribution in [3.8, 4) is 11.4 Å². The summed E-state index contributed by atoms with van der Waals surface area (Å²) in [6.07, 6.45) is -0.496. The minimum Gasteiger partial charge on any atom is -0.487 e. The summed E-state index contributed by atoms with van der Waals surface area (Å²) in [4.78, 5) is 11.3. The van der Waals surface area contributed by atoms with Crippen LogP contribution in [0.1, 0.15) is 17.0 Å². The third-order valence-electron chi connectivity index (χ3n) is 3.91. The summed E-state index contributed by atoms with van der Waals surface area (Å²) in [5, 5.41) is 7.21. The van der Waals surface area contributed by atoms with Gasteiger partial charge < -0.3 is 9.47 Å². The van der Waals surface area contributed by atoms with Crippen LogP contribution in [-0.2, 0) is 11.3 Å². The van der Waals surface area contributed by atoms with Gasteiger partial charge >= 0.3 is 6.09 Å². The second-order valence-electron chi connectivity index (χ2n) is 5.91. The number of ether oxygens (including phenoxy) is 2. The van der Waals surface area contributed by atoms with Gasteiger partial charge in [0, 0.05) is 5.69 Å². The molecule has 0 atom stereocenters. The Hall–Kier alpha value is -3.28. The van der Waals surface area contributed by atoms with Crippen LogP contribution in [0.25, 0.3) is 5.69 Å². The van der Waals surface area contributed by atoms with E-state index < -0.39 is 6.09 Å². The maximum absolute atomic E-state index is 11.3. The minimum absolute atomic E-state index is 0.388.